The Kier molecular flexibility index (Phi) is 3.85. The van der Waals surface area contributed by atoms with Gasteiger partial charge in [0.2, 0.25) is 0 Å². The number of anilines is 1. The zero-order valence-electron chi connectivity index (χ0n) is 11.5. The summed E-state index contributed by atoms with van der Waals surface area (Å²) in [5.74, 6) is -0.227. The average Bonchev–Trinajstić information content (AvgIpc) is 3.08. The Hall–Kier alpha value is -1.47. The highest BCUT2D eigenvalue weighted by molar-refractivity contribution is 9.10. The number of hydrogen-bond donors (Lipinski definition) is 1. The van der Waals surface area contributed by atoms with Gasteiger partial charge in [-0.1, -0.05) is 57.1 Å². The maximum Gasteiger partial charge on any atom is 0.269 e. The van der Waals surface area contributed by atoms with Crippen LogP contribution in [0, 0.1) is 0 Å². The number of hydrogen-bond acceptors (Lipinski definition) is 4. The van der Waals surface area contributed by atoms with Crippen LogP contribution in [0.3, 0.4) is 0 Å². The van der Waals surface area contributed by atoms with Gasteiger partial charge in [-0.15, -0.1) is 11.3 Å². The van der Waals surface area contributed by atoms with E-state index < -0.39 is 0 Å². The van der Waals surface area contributed by atoms with E-state index in [2.05, 4.69) is 26.2 Å². The maximum atomic E-state index is 12.5. The van der Waals surface area contributed by atoms with E-state index in [0.717, 1.165) is 24.8 Å². The van der Waals surface area contributed by atoms with Gasteiger partial charge in [0.15, 0.2) is 5.13 Å². The van der Waals surface area contributed by atoms with Crippen molar-refractivity contribution in [3.8, 4) is 0 Å². The molecule has 0 fully saturated rings. The topological polar surface area (TPSA) is 42.0 Å². The number of fused-ring (bicyclic) bond motifs is 2. The molecule has 23 heavy (non-hydrogen) atoms. The Morgan fingerprint density at radius 2 is 1.96 bits per heavy atom. The van der Waals surface area contributed by atoms with Gasteiger partial charge in [-0.3, -0.25) is 10.1 Å². The quantitative estimate of drug-likeness (QED) is 0.418. The first-order valence-electron chi connectivity index (χ1n) is 6.66. The Morgan fingerprint density at radius 1 is 1.13 bits per heavy atom. The van der Waals surface area contributed by atoms with Crippen LogP contribution in [-0.4, -0.2) is 10.9 Å². The van der Waals surface area contributed by atoms with E-state index in [0.29, 0.717) is 15.0 Å². The van der Waals surface area contributed by atoms with Crippen LogP contribution in [0.25, 0.3) is 20.3 Å². The number of carbonyl (C=O) groups excluding carboxylic acids is 1. The zero-order valence-corrected chi connectivity index (χ0v) is 15.4. The number of thiazole rings is 1. The molecule has 0 radical (unpaired) electrons. The summed E-state index contributed by atoms with van der Waals surface area (Å²) in [4.78, 5) is 17.5. The highest BCUT2D eigenvalue weighted by atomic mass is 79.9. The summed E-state index contributed by atoms with van der Waals surface area (Å²) in [7, 11) is 0. The number of carbonyl (C=O) groups is 1. The van der Waals surface area contributed by atoms with Gasteiger partial charge in [-0.05, 0) is 24.3 Å². The molecule has 4 rings (SSSR count). The zero-order chi connectivity index (χ0) is 16.0. The Morgan fingerprint density at radius 3 is 2.78 bits per heavy atom. The van der Waals surface area contributed by atoms with Crippen molar-refractivity contribution in [3.05, 3.63) is 56.8 Å². The molecule has 0 unspecified atom stereocenters. The van der Waals surface area contributed by atoms with Gasteiger partial charge >= 0.3 is 0 Å². The van der Waals surface area contributed by atoms with Crippen molar-refractivity contribution in [3.63, 3.8) is 0 Å². The number of thiophene rings is 1. The summed E-state index contributed by atoms with van der Waals surface area (Å²) in [6.45, 7) is 0. The van der Waals surface area contributed by atoms with Crippen molar-refractivity contribution in [2.75, 3.05) is 5.32 Å². The fraction of sp³-hybridized carbons (Fsp3) is 0. The molecule has 2 heterocycles. The first-order valence-corrected chi connectivity index (χ1v) is 9.47. The first kappa shape index (κ1) is 15.1. The van der Waals surface area contributed by atoms with Crippen LogP contribution >= 0.6 is 50.2 Å². The molecule has 0 aliphatic carbocycles. The number of halogens is 2. The van der Waals surface area contributed by atoms with Gasteiger partial charge in [-0.2, -0.15) is 0 Å². The van der Waals surface area contributed by atoms with Crippen LogP contribution in [-0.2, 0) is 0 Å². The van der Waals surface area contributed by atoms with Crippen molar-refractivity contribution in [1.82, 2.24) is 4.98 Å². The molecule has 2 aromatic heterocycles. The molecule has 1 amide bonds. The highest BCUT2D eigenvalue weighted by Crippen LogP contribution is 2.36. The smallest absolute Gasteiger partial charge is 0.269 e. The lowest BCUT2D eigenvalue weighted by molar-refractivity contribution is 0.103. The summed E-state index contributed by atoms with van der Waals surface area (Å²) in [6, 6.07) is 13.5. The van der Waals surface area contributed by atoms with E-state index >= 15 is 0 Å². The third kappa shape index (κ3) is 2.76. The van der Waals surface area contributed by atoms with Gasteiger partial charge in [-0.25, -0.2) is 4.98 Å². The monoisotopic (exact) mass is 422 g/mol. The van der Waals surface area contributed by atoms with Gasteiger partial charge in [0.05, 0.1) is 15.2 Å². The van der Waals surface area contributed by atoms with Crippen molar-refractivity contribution >= 4 is 81.5 Å². The SMILES string of the molecule is O=C(Nc1nc2ccc(Br)cc2s1)c1sc2ccccc2c1Cl. The lowest BCUT2D eigenvalue weighted by atomic mass is 10.2. The molecule has 7 heteroatoms. The summed E-state index contributed by atoms with van der Waals surface area (Å²) in [6.07, 6.45) is 0. The lowest BCUT2D eigenvalue weighted by Crippen LogP contribution is -2.10. The molecule has 0 atom stereocenters. The van der Waals surface area contributed by atoms with Crippen LogP contribution in [0.4, 0.5) is 5.13 Å². The maximum absolute atomic E-state index is 12.5. The molecule has 3 nitrogen and oxygen atoms in total. The van der Waals surface area contributed by atoms with Gasteiger partial charge in [0.1, 0.15) is 4.88 Å². The molecule has 0 aliphatic heterocycles. The average molecular weight is 424 g/mol. The molecule has 0 saturated heterocycles. The normalized spacial score (nSPS) is 11.2. The molecular weight excluding hydrogens is 416 g/mol. The highest BCUT2D eigenvalue weighted by Gasteiger charge is 2.18. The molecule has 0 aliphatic rings. The number of amides is 1. The van der Waals surface area contributed by atoms with Gasteiger partial charge < -0.3 is 0 Å². The summed E-state index contributed by atoms with van der Waals surface area (Å²) < 4.78 is 2.99. The van der Waals surface area contributed by atoms with Gasteiger partial charge in [0.25, 0.3) is 5.91 Å². The second-order valence-corrected chi connectivity index (χ2v) is 8.20. The Balaban J connectivity index is 1.69. The molecule has 114 valence electrons. The number of benzene rings is 2. The van der Waals surface area contributed by atoms with E-state index in [1.54, 1.807) is 0 Å². The van der Waals surface area contributed by atoms with Crippen LogP contribution in [0.2, 0.25) is 5.02 Å². The lowest BCUT2D eigenvalue weighted by Gasteiger charge is -1.98. The minimum Gasteiger partial charge on any atom is -0.297 e. The van der Waals surface area contributed by atoms with E-state index in [1.165, 1.54) is 22.7 Å². The van der Waals surface area contributed by atoms with E-state index in [4.69, 9.17) is 11.6 Å². The van der Waals surface area contributed by atoms with E-state index in [-0.39, 0.29) is 5.91 Å². The predicted octanol–water partition coefficient (Wildman–Crippen LogP) is 6.18. The molecule has 1 N–H and O–H groups in total. The molecule has 0 spiro atoms. The second kappa shape index (κ2) is 5.87. The third-order valence-corrected chi connectivity index (χ3v) is 6.41. The number of nitrogens with one attached hydrogen (secondary N) is 1. The van der Waals surface area contributed by atoms with Crippen LogP contribution in [0.15, 0.2) is 46.9 Å². The Bertz CT molecular complexity index is 1060. The molecule has 0 saturated carbocycles. The molecule has 2 aromatic carbocycles. The number of aromatic nitrogens is 1. The van der Waals surface area contributed by atoms with E-state index in [9.17, 15) is 4.79 Å². The van der Waals surface area contributed by atoms with Crippen molar-refractivity contribution in [2.24, 2.45) is 0 Å². The fourth-order valence-electron chi connectivity index (χ4n) is 2.27. The molecule has 0 bridgehead atoms. The summed E-state index contributed by atoms with van der Waals surface area (Å²) >= 11 is 12.6. The Labute approximate surface area is 153 Å². The standard InChI is InChI=1S/C16H8BrClN2OS2/c17-8-5-6-10-12(7-8)23-16(19-10)20-15(21)14-13(18)9-3-1-2-4-11(9)22-14/h1-7H,(H,19,20,21). The number of rotatable bonds is 2. The van der Waals surface area contributed by atoms with Crippen LogP contribution in [0.1, 0.15) is 9.67 Å². The van der Waals surface area contributed by atoms with Crippen molar-refractivity contribution < 1.29 is 4.79 Å². The second-order valence-electron chi connectivity index (χ2n) is 4.83. The fourth-order valence-corrected chi connectivity index (χ4v) is 5.09. The minimum atomic E-state index is -0.227. The minimum absolute atomic E-state index is 0.227. The molecule has 4 aromatic rings. The first-order chi connectivity index (χ1) is 11.1. The third-order valence-electron chi connectivity index (χ3n) is 3.31. The largest absolute Gasteiger partial charge is 0.297 e. The van der Waals surface area contributed by atoms with Crippen LogP contribution < -0.4 is 5.32 Å². The predicted molar refractivity (Wildman–Crippen MR) is 102 cm³/mol. The van der Waals surface area contributed by atoms with E-state index in [1.807, 2.05) is 42.5 Å². The summed E-state index contributed by atoms with van der Waals surface area (Å²) in [5.41, 5.74) is 0.857. The number of nitrogens with zero attached hydrogens (tertiary/aromatic N) is 1. The summed E-state index contributed by atoms with van der Waals surface area (Å²) in [5, 5.41) is 4.81. The molecular formula is C16H8BrClN2OS2. The van der Waals surface area contributed by atoms with Crippen molar-refractivity contribution in [1.29, 1.82) is 0 Å². The van der Waals surface area contributed by atoms with Gasteiger partial charge in [0, 0.05) is 14.6 Å². The van der Waals surface area contributed by atoms with Crippen LogP contribution in [0.5, 0.6) is 0 Å². The van der Waals surface area contributed by atoms with Crippen molar-refractivity contribution in [2.45, 2.75) is 0 Å².